The molecule has 1 amide bonds. The van der Waals surface area contributed by atoms with Crippen molar-refractivity contribution < 1.29 is 4.79 Å². The number of likely N-dealkylation sites (tertiary alicyclic amines) is 1. The van der Waals surface area contributed by atoms with Gasteiger partial charge in [0.05, 0.1) is 0 Å². The van der Waals surface area contributed by atoms with Crippen LogP contribution in [-0.2, 0) is 4.79 Å². The average Bonchev–Trinajstić information content (AvgIpc) is 2.81. The van der Waals surface area contributed by atoms with Gasteiger partial charge in [-0.15, -0.1) is 24.0 Å². The van der Waals surface area contributed by atoms with Crippen molar-refractivity contribution in [3.8, 4) is 0 Å². The molecule has 1 saturated heterocycles. The van der Waals surface area contributed by atoms with Crippen molar-refractivity contribution in [1.29, 1.82) is 0 Å². The minimum Gasteiger partial charge on any atom is -0.354 e. The average molecular weight is 424 g/mol. The van der Waals surface area contributed by atoms with E-state index in [0.717, 1.165) is 19.0 Å². The van der Waals surface area contributed by atoms with Crippen molar-refractivity contribution in [2.24, 2.45) is 15.8 Å². The van der Waals surface area contributed by atoms with E-state index < -0.39 is 0 Å². The number of nitrogens with zero attached hydrogens (tertiary/aromatic N) is 2. The van der Waals surface area contributed by atoms with Crippen LogP contribution in [0.2, 0.25) is 0 Å². The molecule has 1 aliphatic heterocycles. The van der Waals surface area contributed by atoms with E-state index in [4.69, 9.17) is 0 Å². The molecule has 22 heavy (non-hydrogen) atoms. The first kappa shape index (κ1) is 21.5. The summed E-state index contributed by atoms with van der Waals surface area (Å²) in [4.78, 5) is 18.4. The molecular weight excluding hydrogens is 391 g/mol. The summed E-state index contributed by atoms with van der Waals surface area (Å²) in [6.07, 6.45) is 2.41. The van der Waals surface area contributed by atoms with Gasteiger partial charge in [-0.2, -0.15) is 0 Å². The number of nitrogens with one attached hydrogen (secondary N) is 2. The molecule has 1 aliphatic rings. The number of guanidine groups is 1. The third-order valence-corrected chi connectivity index (χ3v) is 4.30. The second-order valence-corrected chi connectivity index (χ2v) is 7.32. The van der Waals surface area contributed by atoms with Gasteiger partial charge in [-0.3, -0.25) is 9.79 Å². The molecule has 1 fully saturated rings. The lowest BCUT2D eigenvalue weighted by molar-refractivity contribution is -0.128. The first-order valence-electron chi connectivity index (χ1n) is 7.96. The van der Waals surface area contributed by atoms with Crippen molar-refractivity contribution in [3.63, 3.8) is 0 Å². The topological polar surface area (TPSA) is 56.7 Å². The largest absolute Gasteiger partial charge is 0.354 e. The van der Waals surface area contributed by atoms with Crippen LogP contribution in [-0.4, -0.2) is 50.0 Å². The number of rotatable bonds is 4. The molecule has 1 atom stereocenters. The Kier molecular flexibility index (Phi) is 8.72. The monoisotopic (exact) mass is 424 g/mol. The maximum absolute atomic E-state index is 11.8. The molecule has 1 heterocycles. The van der Waals surface area contributed by atoms with Crippen LogP contribution in [0.15, 0.2) is 4.99 Å². The fourth-order valence-electron chi connectivity index (χ4n) is 2.44. The molecule has 0 aromatic carbocycles. The van der Waals surface area contributed by atoms with Gasteiger partial charge < -0.3 is 15.5 Å². The van der Waals surface area contributed by atoms with Gasteiger partial charge in [0.1, 0.15) is 0 Å². The lowest BCUT2D eigenvalue weighted by Crippen LogP contribution is -2.45. The smallest absolute Gasteiger partial charge is 0.225 e. The fourth-order valence-corrected chi connectivity index (χ4v) is 2.44. The Bertz CT molecular complexity index is 392. The fraction of sp³-hybridized carbons (Fsp3) is 0.875. The molecule has 0 spiro atoms. The van der Waals surface area contributed by atoms with Gasteiger partial charge in [0.15, 0.2) is 5.96 Å². The van der Waals surface area contributed by atoms with E-state index in [1.807, 2.05) is 27.8 Å². The molecule has 0 aromatic rings. The highest BCUT2D eigenvalue weighted by Gasteiger charge is 2.33. The van der Waals surface area contributed by atoms with Gasteiger partial charge in [-0.1, -0.05) is 34.6 Å². The summed E-state index contributed by atoms with van der Waals surface area (Å²) in [6.45, 7) is 13.8. The highest BCUT2D eigenvalue weighted by atomic mass is 127. The van der Waals surface area contributed by atoms with Crippen molar-refractivity contribution in [1.82, 2.24) is 15.5 Å². The van der Waals surface area contributed by atoms with Crippen LogP contribution in [0.25, 0.3) is 0 Å². The molecule has 1 unspecified atom stereocenters. The van der Waals surface area contributed by atoms with Crippen LogP contribution in [0.5, 0.6) is 0 Å². The summed E-state index contributed by atoms with van der Waals surface area (Å²) >= 11 is 0. The van der Waals surface area contributed by atoms with Gasteiger partial charge in [0.25, 0.3) is 0 Å². The van der Waals surface area contributed by atoms with Gasteiger partial charge in [-0.25, -0.2) is 0 Å². The van der Waals surface area contributed by atoms with Crippen LogP contribution in [0.3, 0.4) is 0 Å². The zero-order valence-corrected chi connectivity index (χ0v) is 17.3. The zero-order valence-electron chi connectivity index (χ0n) is 15.0. The van der Waals surface area contributed by atoms with E-state index in [1.165, 1.54) is 12.8 Å². The molecule has 0 bridgehead atoms. The van der Waals surface area contributed by atoms with Gasteiger partial charge in [0.2, 0.25) is 5.91 Å². The van der Waals surface area contributed by atoms with E-state index in [1.54, 1.807) is 0 Å². The summed E-state index contributed by atoms with van der Waals surface area (Å²) in [5.41, 5.74) is 0.0671. The number of hydrogen-bond acceptors (Lipinski definition) is 2. The van der Waals surface area contributed by atoms with Crippen LogP contribution < -0.4 is 10.6 Å². The molecule has 1 rings (SSSR count). The number of carbonyl (C=O) groups is 1. The third-order valence-electron chi connectivity index (χ3n) is 4.30. The number of halogens is 1. The highest BCUT2D eigenvalue weighted by molar-refractivity contribution is 14.0. The second-order valence-electron chi connectivity index (χ2n) is 7.32. The number of aliphatic imine (C=N–C) groups is 1. The lowest BCUT2D eigenvalue weighted by Gasteiger charge is -2.25. The predicted molar refractivity (Wildman–Crippen MR) is 104 cm³/mol. The Hall–Kier alpha value is -0.530. The Morgan fingerprint density at radius 1 is 1.27 bits per heavy atom. The number of carbonyl (C=O) groups excluding carboxylic acids is 1. The summed E-state index contributed by atoms with van der Waals surface area (Å²) in [6, 6.07) is 0. The summed E-state index contributed by atoms with van der Waals surface area (Å²) in [5, 5.41) is 6.29. The molecular formula is C16H33IN4O. The Labute approximate surface area is 152 Å². The summed E-state index contributed by atoms with van der Waals surface area (Å²) < 4.78 is 0. The van der Waals surface area contributed by atoms with E-state index >= 15 is 0 Å². The van der Waals surface area contributed by atoms with E-state index in [9.17, 15) is 4.79 Å². The quantitative estimate of drug-likeness (QED) is 0.316. The van der Waals surface area contributed by atoms with Crippen molar-refractivity contribution in [2.45, 2.75) is 47.5 Å². The second kappa shape index (κ2) is 8.93. The Morgan fingerprint density at radius 3 is 2.32 bits per heavy atom. The van der Waals surface area contributed by atoms with Crippen LogP contribution in [0, 0.1) is 10.8 Å². The normalized spacial score (nSPS) is 22.3. The Morgan fingerprint density at radius 2 is 1.86 bits per heavy atom. The number of amides is 1. The van der Waals surface area contributed by atoms with Crippen molar-refractivity contribution >= 4 is 35.8 Å². The third kappa shape index (κ3) is 6.30. The van der Waals surface area contributed by atoms with E-state index in [-0.39, 0.29) is 35.3 Å². The van der Waals surface area contributed by atoms with Crippen molar-refractivity contribution in [3.05, 3.63) is 0 Å². The first-order chi connectivity index (χ1) is 9.72. The minimum absolute atomic E-state index is 0. The standard InChI is InChI=1S/C16H32N4O.HI/c1-7-16(5)8-11-20(12-16)14(17-6)19-10-9-18-13(21)15(2,3)4;/h7-12H2,1-6H3,(H,17,19)(H,18,21);1H. The Balaban J connectivity index is 0.00000441. The number of hydrogen-bond donors (Lipinski definition) is 2. The predicted octanol–water partition coefficient (Wildman–Crippen LogP) is 2.46. The maximum atomic E-state index is 11.8. The summed E-state index contributed by atoms with van der Waals surface area (Å²) in [5.74, 6) is 1.02. The molecule has 2 N–H and O–H groups in total. The molecule has 0 saturated carbocycles. The summed E-state index contributed by atoms with van der Waals surface area (Å²) in [7, 11) is 1.82. The van der Waals surface area contributed by atoms with Gasteiger partial charge in [0, 0.05) is 38.6 Å². The van der Waals surface area contributed by atoms with E-state index in [0.29, 0.717) is 18.5 Å². The molecule has 5 nitrogen and oxygen atoms in total. The molecule has 0 aliphatic carbocycles. The van der Waals surface area contributed by atoms with Gasteiger partial charge in [-0.05, 0) is 18.3 Å². The molecule has 6 heteroatoms. The SMILES string of the molecule is CCC1(C)CCN(C(=NC)NCCNC(=O)C(C)(C)C)C1.I. The van der Waals surface area contributed by atoms with Crippen LogP contribution in [0.4, 0.5) is 0 Å². The van der Waals surface area contributed by atoms with Gasteiger partial charge >= 0.3 is 0 Å². The highest BCUT2D eigenvalue weighted by Crippen LogP contribution is 2.32. The maximum Gasteiger partial charge on any atom is 0.225 e. The first-order valence-corrected chi connectivity index (χ1v) is 7.96. The van der Waals surface area contributed by atoms with Crippen LogP contribution in [0.1, 0.15) is 47.5 Å². The zero-order chi connectivity index (χ0) is 16.1. The molecule has 0 aromatic heterocycles. The van der Waals surface area contributed by atoms with Crippen molar-refractivity contribution in [2.75, 3.05) is 33.2 Å². The molecule has 0 radical (unpaired) electrons. The van der Waals surface area contributed by atoms with E-state index in [2.05, 4.69) is 34.4 Å². The lowest BCUT2D eigenvalue weighted by atomic mass is 9.87. The minimum atomic E-state index is -0.334. The molecule has 130 valence electrons. The van der Waals surface area contributed by atoms with Crippen LogP contribution >= 0.6 is 24.0 Å².